The second-order valence-electron chi connectivity index (χ2n) is 3.42. The molecule has 0 amide bonds. The number of hydrogen-bond acceptors (Lipinski definition) is 3. The van der Waals surface area contributed by atoms with E-state index >= 15 is 0 Å². The van der Waals surface area contributed by atoms with E-state index in [0.29, 0.717) is 5.02 Å². The first-order valence-electron chi connectivity index (χ1n) is 4.68. The Hall–Kier alpha value is -1.13. The lowest BCUT2D eigenvalue weighted by Gasteiger charge is -2.17. The van der Waals surface area contributed by atoms with Crippen LogP contribution >= 0.6 is 11.6 Å². The molecular weight excluding hydrogens is 235 g/mol. The van der Waals surface area contributed by atoms with Crippen molar-refractivity contribution in [3.05, 3.63) is 34.6 Å². The smallest absolute Gasteiger partial charge is 0.311 e. The van der Waals surface area contributed by atoms with Crippen molar-refractivity contribution in [2.24, 2.45) is 5.92 Å². The summed E-state index contributed by atoms with van der Waals surface area (Å²) in [6, 6.07) is 3.81. The molecular formula is C11H12ClFO3. The van der Waals surface area contributed by atoms with Crippen molar-refractivity contribution in [2.75, 3.05) is 7.11 Å². The Labute approximate surface area is 97.8 Å². The van der Waals surface area contributed by atoms with Gasteiger partial charge in [-0.15, -0.1) is 0 Å². The lowest BCUT2D eigenvalue weighted by Crippen LogP contribution is -2.21. The summed E-state index contributed by atoms with van der Waals surface area (Å²) in [5, 5.41) is 10.1. The largest absolute Gasteiger partial charge is 0.469 e. The van der Waals surface area contributed by atoms with Crippen LogP contribution in [0.5, 0.6) is 0 Å². The first-order chi connectivity index (χ1) is 7.47. The molecule has 1 N–H and O–H groups in total. The fraction of sp³-hybridized carbons (Fsp3) is 0.364. The third-order valence-electron chi connectivity index (χ3n) is 2.32. The van der Waals surface area contributed by atoms with Gasteiger partial charge in [0.2, 0.25) is 0 Å². The van der Waals surface area contributed by atoms with Crippen LogP contribution in [-0.4, -0.2) is 18.2 Å². The topological polar surface area (TPSA) is 46.5 Å². The average Bonchev–Trinajstić information content (AvgIpc) is 2.29. The summed E-state index contributed by atoms with van der Waals surface area (Å²) in [6.45, 7) is 1.46. The molecule has 0 aliphatic rings. The fourth-order valence-corrected chi connectivity index (χ4v) is 1.51. The molecule has 0 aliphatic heterocycles. The SMILES string of the molecule is COC(=O)C(C)C(O)c1cc(Cl)ccc1F. The summed E-state index contributed by atoms with van der Waals surface area (Å²) in [6.07, 6.45) is -1.27. The van der Waals surface area contributed by atoms with Gasteiger partial charge in [0.1, 0.15) is 5.82 Å². The minimum Gasteiger partial charge on any atom is -0.469 e. The van der Waals surface area contributed by atoms with Crippen LogP contribution in [0.1, 0.15) is 18.6 Å². The highest BCUT2D eigenvalue weighted by Crippen LogP contribution is 2.27. The summed E-state index contributed by atoms with van der Waals surface area (Å²) in [7, 11) is 1.21. The maximum absolute atomic E-state index is 13.4. The summed E-state index contributed by atoms with van der Waals surface area (Å²) in [5.41, 5.74) is -0.00889. The number of aliphatic hydroxyl groups is 1. The van der Waals surface area contributed by atoms with Crippen LogP contribution in [0.4, 0.5) is 4.39 Å². The quantitative estimate of drug-likeness (QED) is 0.833. The number of carbonyl (C=O) groups is 1. The van der Waals surface area contributed by atoms with Crippen LogP contribution in [0.15, 0.2) is 18.2 Å². The van der Waals surface area contributed by atoms with Crippen molar-refractivity contribution >= 4 is 17.6 Å². The monoisotopic (exact) mass is 246 g/mol. The molecule has 0 fully saturated rings. The highest BCUT2D eigenvalue weighted by Gasteiger charge is 2.26. The number of carbonyl (C=O) groups excluding carboxylic acids is 1. The predicted molar refractivity (Wildman–Crippen MR) is 57.5 cm³/mol. The predicted octanol–water partition coefficient (Wildman–Crippen LogP) is 2.32. The average molecular weight is 247 g/mol. The Morgan fingerprint density at radius 1 is 1.56 bits per heavy atom. The third-order valence-corrected chi connectivity index (χ3v) is 2.56. The second kappa shape index (κ2) is 5.27. The highest BCUT2D eigenvalue weighted by atomic mass is 35.5. The lowest BCUT2D eigenvalue weighted by atomic mass is 9.97. The van der Waals surface area contributed by atoms with Gasteiger partial charge in [0.05, 0.1) is 19.1 Å². The number of aliphatic hydroxyl groups excluding tert-OH is 1. The van der Waals surface area contributed by atoms with E-state index in [-0.39, 0.29) is 5.56 Å². The van der Waals surface area contributed by atoms with E-state index in [1.807, 2.05) is 0 Å². The van der Waals surface area contributed by atoms with Crippen LogP contribution in [0, 0.1) is 11.7 Å². The van der Waals surface area contributed by atoms with Crippen molar-refractivity contribution in [1.29, 1.82) is 0 Å². The molecule has 0 saturated heterocycles. The molecule has 0 aliphatic carbocycles. The standard InChI is InChI=1S/C11H12ClFO3/c1-6(11(15)16-2)10(14)8-5-7(12)3-4-9(8)13/h3-6,10,14H,1-2H3. The van der Waals surface area contributed by atoms with Gasteiger partial charge in [0.25, 0.3) is 0 Å². The highest BCUT2D eigenvalue weighted by molar-refractivity contribution is 6.30. The van der Waals surface area contributed by atoms with Gasteiger partial charge in [-0.2, -0.15) is 0 Å². The number of hydrogen-bond donors (Lipinski definition) is 1. The van der Waals surface area contributed by atoms with Crippen LogP contribution in [0.25, 0.3) is 0 Å². The molecule has 0 radical (unpaired) electrons. The lowest BCUT2D eigenvalue weighted by molar-refractivity contribution is -0.148. The number of esters is 1. The van der Waals surface area contributed by atoms with Crippen molar-refractivity contribution < 1.29 is 19.0 Å². The molecule has 16 heavy (non-hydrogen) atoms. The number of methoxy groups -OCH3 is 1. The zero-order valence-corrected chi connectivity index (χ0v) is 9.66. The van der Waals surface area contributed by atoms with E-state index in [1.54, 1.807) is 0 Å². The van der Waals surface area contributed by atoms with Gasteiger partial charge in [0.15, 0.2) is 0 Å². The van der Waals surface area contributed by atoms with Crippen LogP contribution < -0.4 is 0 Å². The molecule has 2 unspecified atom stereocenters. The van der Waals surface area contributed by atoms with Gasteiger partial charge < -0.3 is 9.84 Å². The molecule has 1 rings (SSSR count). The van der Waals surface area contributed by atoms with Gasteiger partial charge >= 0.3 is 5.97 Å². The maximum atomic E-state index is 13.4. The third kappa shape index (κ3) is 2.71. The normalized spacial score (nSPS) is 14.3. The van der Waals surface area contributed by atoms with Gasteiger partial charge in [-0.25, -0.2) is 4.39 Å². The zero-order chi connectivity index (χ0) is 12.3. The molecule has 2 atom stereocenters. The van der Waals surface area contributed by atoms with Crippen LogP contribution in [-0.2, 0) is 9.53 Å². The summed E-state index contributed by atoms with van der Waals surface area (Å²) in [4.78, 5) is 11.2. The van der Waals surface area contributed by atoms with Gasteiger partial charge in [-0.05, 0) is 25.1 Å². The Balaban J connectivity index is 2.99. The zero-order valence-electron chi connectivity index (χ0n) is 8.91. The maximum Gasteiger partial charge on any atom is 0.311 e. The summed E-state index contributed by atoms with van der Waals surface area (Å²) >= 11 is 5.69. The Morgan fingerprint density at radius 2 is 2.19 bits per heavy atom. The molecule has 5 heteroatoms. The van der Waals surface area contributed by atoms with Crippen molar-refractivity contribution in [2.45, 2.75) is 13.0 Å². The molecule has 0 aromatic heterocycles. The van der Waals surface area contributed by atoms with Crippen molar-refractivity contribution in [3.63, 3.8) is 0 Å². The van der Waals surface area contributed by atoms with E-state index < -0.39 is 23.8 Å². The number of benzene rings is 1. The molecule has 0 spiro atoms. The Morgan fingerprint density at radius 3 is 2.75 bits per heavy atom. The number of halogens is 2. The molecule has 0 bridgehead atoms. The van der Waals surface area contributed by atoms with Crippen molar-refractivity contribution in [3.8, 4) is 0 Å². The molecule has 88 valence electrons. The summed E-state index contributed by atoms with van der Waals surface area (Å²) in [5.74, 6) is -2.06. The van der Waals surface area contributed by atoms with Gasteiger partial charge in [0, 0.05) is 10.6 Å². The van der Waals surface area contributed by atoms with E-state index in [9.17, 15) is 14.3 Å². The molecule has 3 nitrogen and oxygen atoms in total. The Kier molecular flexibility index (Phi) is 4.26. The van der Waals surface area contributed by atoms with E-state index in [2.05, 4.69) is 4.74 Å². The number of ether oxygens (including phenoxy) is 1. The molecule has 0 heterocycles. The minimum atomic E-state index is -1.27. The Bertz CT molecular complexity index is 395. The fourth-order valence-electron chi connectivity index (χ4n) is 1.33. The second-order valence-corrected chi connectivity index (χ2v) is 3.86. The van der Waals surface area contributed by atoms with Crippen LogP contribution in [0.3, 0.4) is 0 Å². The first kappa shape index (κ1) is 12.9. The van der Waals surface area contributed by atoms with Gasteiger partial charge in [-0.3, -0.25) is 4.79 Å². The molecule has 0 saturated carbocycles. The summed E-state index contributed by atoms with van der Waals surface area (Å²) < 4.78 is 17.8. The van der Waals surface area contributed by atoms with E-state index in [0.717, 1.165) is 6.07 Å². The first-order valence-corrected chi connectivity index (χ1v) is 5.06. The number of rotatable bonds is 3. The van der Waals surface area contributed by atoms with E-state index in [4.69, 9.17) is 11.6 Å². The molecule has 1 aromatic rings. The van der Waals surface area contributed by atoms with Crippen molar-refractivity contribution in [1.82, 2.24) is 0 Å². The minimum absolute atomic E-state index is 0.00889. The van der Waals surface area contributed by atoms with E-state index in [1.165, 1.54) is 26.2 Å². The van der Waals surface area contributed by atoms with Crippen LogP contribution in [0.2, 0.25) is 5.02 Å². The van der Waals surface area contributed by atoms with Gasteiger partial charge in [-0.1, -0.05) is 11.6 Å². The molecule has 1 aromatic carbocycles.